The van der Waals surface area contributed by atoms with Crippen LogP contribution < -0.4 is 20.3 Å². The number of aryl methyl sites for hydroxylation is 2. The first-order valence-corrected chi connectivity index (χ1v) is 11.0. The zero-order valence-corrected chi connectivity index (χ0v) is 18.3. The lowest BCUT2D eigenvalue weighted by atomic mass is 10.1. The minimum atomic E-state index is -0.353. The number of carbonyl (C=O) groups is 1. The summed E-state index contributed by atoms with van der Waals surface area (Å²) in [7, 11) is 3.12. The minimum absolute atomic E-state index is 0.190. The van der Waals surface area contributed by atoms with Crippen LogP contribution in [0.3, 0.4) is 0 Å². The van der Waals surface area contributed by atoms with Gasteiger partial charge in [0, 0.05) is 16.5 Å². The summed E-state index contributed by atoms with van der Waals surface area (Å²) in [5, 5.41) is 7.77. The molecule has 1 amide bonds. The van der Waals surface area contributed by atoms with Crippen molar-refractivity contribution < 1.29 is 14.3 Å². The molecule has 2 aromatic heterocycles. The van der Waals surface area contributed by atoms with E-state index in [0.29, 0.717) is 22.3 Å². The van der Waals surface area contributed by atoms with E-state index in [1.807, 2.05) is 6.07 Å². The highest BCUT2D eigenvalue weighted by molar-refractivity contribution is 7.15. The highest BCUT2D eigenvalue weighted by atomic mass is 32.1. The summed E-state index contributed by atoms with van der Waals surface area (Å²) in [6, 6.07) is 8.39. The summed E-state index contributed by atoms with van der Waals surface area (Å²) in [6.45, 7) is -0.190. The summed E-state index contributed by atoms with van der Waals surface area (Å²) in [5.74, 6) is 0.824. The monoisotopic (exact) mass is 440 g/mol. The summed E-state index contributed by atoms with van der Waals surface area (Å²) in [6.07, 6.45) is 5.47. The fraction of sp³-hybridized carbons (Fsp3) is 0.364. The van der Waals surface area contributed by atoms with Crippen LogP contribution in [0.5, 0.6) is 11.5 Å². The van der Waals surface area contributed by atoms with Crippen molar-refractivity contribution in [3.8, 4) is 22.8 Å². The SMILES string of the molecule is COc1ccc(-c2ccc(=O)n(CC(=O)Nc3nc4c(s3)CCCCC4)n2)cc1OC. The second-order valence-electron chi connectivity index (χ2n) is 7.28. The maximum absolute atomic E-state index is 12.6. The lowest BCUT2D eigenvalue weighted by Gasteiger charge is -2.10. The molecular weight excluding hydrogens is 416 g/mol. The van der Waals surface area contributed by atoms with Gasteiger partial charge in [0.05, 0.1) is 25.6 Å². The summed E-state index contributed by atoms with van der Waals surface area (Å²) in [4.78, 5) is 30.7. The molecule has 1 N–H and O–H groups in total. The number of rotatable bonds is 6. The number of nitrogens with zero attached hydrogens (tertiary/aromatic N) is 3. The molecule has 1 aliphatic carbocycles. The predicted octanol–water partition coefficient (Wildman–Crippen LogP) is 3.29. The number of thiazole rings is 1. The Bertz CT molecular complexity index is 1130. The first-order valence-electron chi connectivity index (χ1n) is 10.2. The molecule has 9 heteroatoms. The van der Waals surface area contributed by atoms with Gasteiger partial charge in [-0.2, -0.15) is 5.10 Å². The Hall–Kier alpha value is -3.20. The van der Waals surface area contributed by atoms with E-state index >= 15 is 0 Å². The van der Waals surface area contributed by atoms with Gasteiger partial charge in [0.1, 0.15) is 6.54 Å². The van der Waals surface area contributed by atoms with Crippen molar-refractivity contribution in [3.63, 3.8) is 0 Å². The van der Waals surface area contributed by atoms with Crippen LogP contribution >= 0.6 is 11.3 Å². The molecule has 1 aliphatic rings. The standard InChI is InChI=1S/C22H24N4O4S/c1-29-17-10-8-14(12-18(17)30-2)15-9-11-21(28)26(25-15)13-20(27)24-22-23-16-6-4-3-5-7-19(16)31-22/h8-12H,3-7,13H2,1-2H3,(H,23,24,27). The number of nitrogens with one attached hydrogen (secondary N) is 1. The number of fused-ring (bicyclic) bond motifs is 1. The van der Waals surface area contributed by atoms with Crippen LogP contribution in [0.15, 0.2) is 35.1 Å². The van der Waals surface area contributed by atoms with Crippen LogP contribution in [0.2, 0.25) is 0 Å². The van der Waals surface area contributed by atoms with Gasteiger partial charge in [-0.05, 0) is 49.9 Å². The number of amides is 1. The maximum Gasteiger partial charge on any atom is 0.267 e. The topological polar surface area (TPSA) is 95.3 Å². The zero-order valence-electron chi connectivity index (χ0n) is 17.5. The predicted molar refractivity (Wildman–Crippen MR) is 119 cm³/mol. The minimum Gasteiger partial charge on any atom is -0.493 e. The van der Waals surface area contributed by atoms with Crippen molar-refractivity contribution >= 4 is 22.4 Å². The molecule has 0 aliphatic heterocycles. The molecule has 0 radical (unpaired) electrons. The van der Waals surface area contributed by atoms with Crippen LogP contribution in [-0.4, -0.2) is 34.9 Å². The van der Waals surface area contributed by atoms with Crippen molar-refractivity contribution in [3.05, 3.63) is 51.3 Å². The molecule has 0 bridgehead atoms. The van der Waals surface area contributed by atoms with Crippen LogP contribution in [0.25, 0.3) is 11.3 Å². The molecule has 0 fully saturated rings. The Morgan fingerprint density at radius 3 is 2.71 bits per heavy atom. The van der Waals surface area contributed by atoms with E-state index in [9.17, 15) is 9.59 Å². The highest BCUT2D eigenvalue weighted by Gasteiger charge is 2.16. The normalized spacial score (nSPS) is 13.2. The van der Waals surface area contributed by atoms with Crippen molar-refractivity contribution in [1.82, 2.24) is 14.8 Å². The third kappa shape index (κ3) is 4.77. The first-order chi connectivity index (χ1) is 15.1. The molecule has 3 aromatic rings. The van der Waals surface area contributed by atoms with E-state index in [-0.39, 0.29) is 18.0 Å². The second-order valence-corrected chi connectivity index (χ2v) is 8.37. The highest BCUT2D eigenvalue weighted by Crippen LogP contribution is 2.31. The molecule has 8 nitrogen and oxygen atoms in total. The summed E-state index contributed by atoms with van der Waals surface area (Å²) in [5.41, 5.74) is 2.03. The third-order valence-corrected chi connectivity index (χ3v) is 6.25. The van der Waals surface area contributed by atoms with Crippen LogP contribution in [0, 0.1) is 0 Å². The average molecular weight is 441 g/mol. The number of methoxy groups -OCH3 is 2. The Kier molecular flexibility index (Phi) is 6.31. The van der Waals surface area contributed by atoms with E-state index in [2.05, 4.69) is 15.4 Å². The van der Waals surface area contributed by atoms with Gasteiger partial charge in [0.2, 0.25) is 5.91 Å². The Morgan fingerprint density at radius 2 is 1.90 bits per heavy atom. The Labute approximate surface area is 183 Å². The molecule has 4 rings (SSSR count). The van der Waals surface area contributed by atoms with Gasteiger partial charge in [-0.25, -0.2) is 9.67 Å². The number of ether oxygens (including phenoxy) is 2. The average Bonchev–Trinajstić information content (AvgIpc) is 3.02. The van der Waals surface area contributed by atoms with Crippen molar-refractivity contribution in [2.45, 2.75) is 38.6 Å². The molecule has 2 heterocycles. The van der Waals surface area contributed by atoms with E-state index < -0.39 is 0 Å². The third-order valence-electron chi connectivity index (χ3n) is 5.18. The van der Waals surface area contributed by atoms with Gasteiger partial charge in [-0.15, -0.1) is 11.3 Å². The molecule has 0 unspecified atom stereocenters. The van der Waals surface area contributed by atoms with Crippen molar-refractivity contribution in [1.29, 1.82) is 0 Å². The number of carbonyl (C=O) groups excluding carboxylic acids is 1. The van der Waals surface area contributed by atoms with Crippen LogP contribution in [-0.2, 0) is 24.2 Å². The van der Waals surface area contributed by atoms with Gasteiger partial charge in [-0.3, -0.25) is 9.59 Å². The summed E-state index contributed by atoms with van der Waals surface area (Å²) >= 11 is 1.52. The van der Waals surface area contributed by atoms with Crippen molar-refractivity contribution in [2.24, 2.45) is 0 Å². The number of benzene rings is 1. The molecule has 162 valence electrons. The number of hydrogen-bond donors (Lipinski definition) is 1. The fourth-order valence-corrected chi connectivity index (χ4v) is 4.65. The largest absolute Gasteiger partial charge is 0.493 e. The van der Waals surface area contributed by atoms with E-state index in [1.54, 1.807) is 32.4 Å². The van der Waals surface area contributed by atoms with Gasteiger partial charge < -0.3 is 14.8 Å². The van der Waals surface area contributed by atoms with Crippen molar-refractivity contribution in [2.75, 3.05) is 19.5 Å². The Morgan fingerprint density at radius 1 is 1.10 bits per heavy atom. The zero-order chi connectivity index (χ0) is 21.8. The Balaban J connectivity index is 1.51. The van der Waals surface area contributed by atoms with Gasteiger partial charge in [0.25, 0.3) is 5.56 Å². The van der Waals surface area contributed by atoms with E-state index in [4.69, 9.17) is 9.47 Å². The molecule has 0 saturated heterocycles. The molecule has 1 aromatic carbocycles. The van der Waals surface area contributed by atoms with Crippen LogP contribution in [0.1, 0.15) is 29.8 Å². The number of anilines is 1. The number of aromatic nitrogens is 3. The molecule has 0 saturated carbocycles. The molecular formula is C22H24N4O4S. The maximum atomic E-state index is 12.6. The molecule has 31 heavy (non-hydrogen) atoms. The van der Waals surface area contributed by atoms with E-state index in [1.165, 1.54) is 28.7 Å². The second kappa shape index (κ2) is 9.30. The van der Waals surface area contributed by atoms with Gasteiger partial charge >= 0.3 is 0 Å². The van der Waals surface area contributed by atoms with Crippen LogP contribution in [0.4, 0.5) is 5.13 Å². The lowest BCUT2D eigenvalue weighted by molar-refractivity contribution is -0.117. The smallest absolute Gasteiger partial charge is 0.267 e. The number of hydrogen-bond acceptors (Lipinski definition) is 7. The quantitative estimate of drug-likeness (QED) is 0.591. The van der Waals surface area contributed by atoms with Gasteiger partial charge in [0.15, 0.2) is 16.6 Å². The fourth-order valence-electron chi connectivity index (χ4n) is 3.59. The van der Waals surface area contributed by atoms with Gasteiger partial charge in [-0.1, -0.05) is 6.42 Å². The molecule has 0 spiro atoms. The first kappa shape index (κ1) is 21.0. The molecule has 0 atom stereocenters. The van der Waals surface area contributed by atoms with E-state index in [0.717, 1.165) is 41.6 Å². The lowest BCUT2D eigenvalue weighted by Crippen LogP contribution is -2.29. The summed E-state index contributed by atoms with van der Waals surface area (Å²) < 4.78 is 11.7.